The molecule has 0 radical (unpaired) electrons. The van der Waals surface area contributed by atoms with Crippen LogP contribution in [0.25, 0.3) is 0 Å². The van der Waals surface area contributed by atoms with Crippen LogP contribution in [0.15, 0.2) is 54.6 Å². The summed E-state index contributed by atoms with van der Waals surface area (Å²) >= 11 is 0. The van der Waals surface area contributed by atoms with Gasteiger partial charge in [0.05, 0.1) is 5.54 Å². The van der Waals surface area contributed by atoms with E-state index in [1.807, 2.05) is 63.2 Å². The first-order chi connectivity index (χ1) is 9.47. The molecule has 3 heteroatoms. The monoisotopic (exact) mass is 269 g/mol. The first-order valence-electron chi connectivity index (χ1n) is 6.59. The van der Waals surface area contributed by atoms with Gasteiger partial charge in [-0.3, -0.25) is 0 Å². The molecule has 2 aromatic carbocycles. The Hall–Kier alpha value is -2.29. The van der Waals surface area contributed by atoms with Crippen LogP contribution in [0.5, 0.6) is 5.75 Å². The molecule has 0 aliphatic carbocycles. The summed E-state index contributed by atoms with van der Waals surface area (Å²) in [7, 11) is 0. The van der Waals surface area contributed by atoms with Gasteiger partial charge in [0, 0.05) is 0 Å². The molecule has 0 aliphatic rings. The van der Waals surface area contributed by atoms with E-state index < -0.39 is 11.6 Å². The second-order valence-corrected chi connectivity index (χ2v) is 5.32. The second-order valence-electron chi connectivity index (χ2n) is 5.32. The van der Waals surface area contributed by atoms with E-state index in [1.165, 1.54) is 0 Å². The highest BCUT2D eigenvalue weighted by molar-refractivity contribution is 5.71. The SMILES string of the molecule is Cc1ccc(OC(=O)NC(C)(C)c2ccccc2)cc1. The molecular weight excluding hydrogens is 250 g/mol. The molecule has 0 bridgehead atoms. The highest BCUT2D eigenvalue weighted by Gasteiger charge is 2.23. The molecule has 0 saturated carbocycles. The number of rotatable bonds is 3. The van der Waals surface area contributed by atoms with Crippen molar-refractivity contribution in [3.8, 4) is 5.75 Å². The van der Waals surface area contributed by atoms with E-state index >= 15 is 0 Å². The third-order valence-electron chi connectivity index (χ3n) is 3.14. The third kappa shape index (κ3) is 3.60. The second kappa shape index (κ2) is 5.78. The predicted octanol–water partition coefficient (Wildman–Crippen LogP) is 4.02. The molecule has 0 atom stereocenters. The molecule has 0 spiro atoms. The summed E-state index contributed by atoms with van der Waals surface area (Å²) in [6.07, 6.45) is -0.456. The van der Waals surface area contributed by atoms with Crippen LogP contribution in [0.3, 0.4) is 0 Å². The summed E-state index contributed by atoms with van der Waals surface area (Å²) in [5, 5.41) is 2.87. The minimum atomic E-state index is -0.483. The van der Waals surface area contributed by atoms with E-state index in [-0.39, 0.29) is 0 Å². The normalized spacial score (nSPS) is 10.9. The first-order valence-corrected chi connectivity index (χ1v) is 6.59. The van der Waals surface area contributed by atoms with E-state index in [9.17, 15) is 4.79 Å². The van der Waals surface area contributed by atoms with E-state index in [4.69, 9.17) is 4.74 Å². The van der Waals surface area contributed by atoms with Crippen molar-refractivity contribution in [2.45, 2.75) is 26.3 Å². The fourth-order valence-electron chi connectivity index (χ4n) is 1.92. The van der Waals surface area contributed by atoms with Gasteiger partial charge in [0.1, 0.15) is 5.75 Å². The van der Waals surface area contributed by atoms with Gasteiger partial charge in [-0.15, -0.1) is 0 Å². The molecule has 0 aromatic heterocycles. The highest BCUT2D eigenvalue weighted by atomic mass is 16.6. The molecule has 20 heavy (non-hydrogen) atoms. The standard InChI is InChI=1S/C17H19NO2/c1-13-9-11-15(12-10-13)20-16(19)18-17(2,3)14-7-5-4-6-8-14/h4-12H,1-3H3,(H,18,19). The Morgan fingerprint density at radius 2 is 1.60 bits per heavy atom. The van der Waals surface area contributed by atoms with Crippen molar-refractivity contribution in [3.05, 3.63) is 65.7 Å². The van der Waals surface area contributed by atoms with Gasteiger partial charge in [-0.1, -0.05) is 48.0 Å². The van der Waals surface area contributed by atoms with E-state index in [0.29, 0.717) is 5.75 Å². The lowest BCUT2D eigenvalue weighted by molar-refractivity contribution is 0.188. The number of carbonyl (C=O) groups is 1. The average Bonchev–Trinajstić information content (AvgIpc) is 2.42. The lowest BCUT2D eigenvalue weighted by atomic mass is 9.95. The number of ether oxygens (including phenoxy) is 1. The van der Waals surface area contributed by atoms with Crippen molar-refractivity contribution in [2.24, 2.45) is 0 Å². The number of nitrogens with one attached hydrogen (secondary N) is 1. The van der Waals surface area contributed by atoms with Crippen molar-refractivity contribution < 1.29 is 9.53 Å². The van der Waals surface area contributed by atoms with Crippen molar-refractivity contribution in [1.82, 2.24) is 5.32 Å². The zero-order valence-electron chi connectivity index (χ0n) is 12.0. The first kappa shape index (κ1) is 14.1. The molecule has 0 unspecified atom stereocenters. The van der Waals surface area contributed by atoms with Gasteiger partial charge in [0.25, 0.3) is 0 Å². The lowest BCUT2D eigenvalue weighted by Crippen LogP contribution is -2.42. The van der Waals surface area contributed by atoms with Gasteiger partial charge in [-0.05, 0) is 38.5 Å². The fourth-order valence-corrected chi connectivity index (χ4v) is 1.92. The van der Waals surface area contributed by atoms with Crippen LogP contribution < -0.4 is 10.1 Å². The average molecular weight is 269 g/mol. The predicted molar refractivity (Wildman–Crippen MR) is 79.8 cm³/mol. The number of amides is 1. The Labute approximate surface area is 119 Å². The van der Waals surface area contributed by atoms with Crippen LogP contribution >= 0.6 is 0 Å². The van der Waals surface area contributed by atoms with Crippen LogP contribution in [0, 0.1) is 6.92 Å². The molecule has 3 nitrogen and oxygen atoms in total. The molecule has 2 aromatic rings. The minimum absolute atomic E-state index is 0.456. The van der Waals surface area contributed by atoms with Crippen LogP contribution in [-0.4, -0.2) is 6.09 Å². The topological polar surface area (TPSA) is 38.3 Å². The smallest absolute Gasteiger partial charge is 0.410 e. The Morgan fingerprint density at radius 3 is 2.20 bits per heavy atom. The molecule has 0 saturated heterocycles. The van der Waals surface area contributed by atoms with Gasteiger partial charge in [-0.2, -0.15) is 0 Å². The molecular formula is C17H19NO2. The van der Waals surface area contributed by atoms with Gasteiger partial charge in [0.15, 0.2) is 0 Å². The minimum Gasteiger partial charge on any atom is -0.410 e. The number of carbonyl (C=O) groups excluding carboxylic acids is 1. The van der Waals surface area contributed by atoms with Crippen LogP contribution in [0.2, 0.25) is 0 Å². The maximum absolute atomic E-state index is 12.0. The van der Waals surface area contributed by atoms with Gasteiger partial charge < -0.3 is 10.1 Å². The van der Waals surface area contributed by atoms with E-state index in [2.05, 4.69) is 5.32 Å². The molecule has 0 heterocycles. The van der Waals surface area contributed by atoms with Gasteiger partial charge in [0.2, 0.25) is 0 Å². The summed E-state index contributed by atoms with van der Waals surface area (Å²) in [4.78, 5) is 12.0. The number of hydrogen-bond donors (Lipinski definition) is 1. The number of hydrogen-bond acceptors (Lipinski definition) is 2. The zero-order chi connectivity index (χ0) is 14.6. The summed E-state index contributed by atoms with van der Waals surface area (Å²) in [6, 6.07) is 17.2. The summed E-state index contributed by atoms with van der Waals surface area (Å²) in [6.45, 7) is 5.87. The zero-order valence-corrected chi connectivity index (χ0v) is 12.0. The van der Waals surface area contributed by atoms with E-state index in [0.717, 1.165) is 11.1 Å². The lowest BCUT2D eigenvalue weighted by Gasteiger charge is -2.26. The Kier molecular flexibility index (Phi) is 4.08. The molecule has 104 valence electrons. The molecule has 1 amide bonds. The van der Waals surface area contributed by atoms with Crippen molar-refractivity contribution in [1.29, 1.82) is 0 Å². The summed E-state index contributed by atoms with van der Waals surface area (Å²) in [5.74, 6) is 0.539. The molecule has 0 fully saturated rings. The van der Waals surface area contributed by atoms with Crippen molar-refractivity contribution in [3.63, 3.8) is 0 Å². The largest absolute Gasteiger partial charge is 0.413 e. The molecule has 1 N–H and O–H groups in total. The summed E-state index contributed by atoms with van der Waals surface area (Å²) < 4.78 is 5.28. The maximum atomic E-state index is 12.0. The highest BCUT2D eigenvalue weighted by Crippen LogP contribution is 2.20. The van der Waals surface area contributed by atoms with Crippen LogP contribution in [-0.2, 0) is 5.54 Å². The van der Waals surface area contributed by atoms with E-state index in [1.54, 1.807) is 12.1 Å². The maximum Gasteiger partial charge on any atom is 0.413 e. The number of aryl methyl sites for hydroxylation is 1. The third-order valence-corrected chi connectivity index (χ3v) is 3.14. The van der Waals surface area contributed by atoms with Gasteiger partial charge >= 0.3 is 6.09 Å². The quantitative estimate of drug-likeness (QED) is 0.914. The Bertz CT molecular complexity index is 574. The Balaban J connectivity index is 2.02. The van der Waals surface area contributed by atoms with Crippen LogP contribution in [0.4, 0.5) is 4.79 Å². The van der Waals surface area contributed by atoms with Crippen molar-refractivity contribution in [2.75, 3.05) is 0 Å². The fraction of sp³-hybridized carbons (Fsp3) is 0.235. The molecule has 2 rings (SSSR count). The van der Waals surface area contributed by atoms with Crippen molar-refractivity contribution >= 4 is 6.09 Å². The Morgan fingerprint density at radius 1 is 1.00 bits per heavy atom. The van der Waals surface area contributed by atoms with Crippen LogP contribution in [0.1, 0.15) is 25.0 Å². The van der Waals surface area contributed by atoms with Gasteiger partial charge in [-0.25, -0.2) is 4.79 Å². The number of benzene rings is 2. The summed E-state index contributed by atoms with van der Waals surface area (Å²) in [5.41, 5.74) is 1.67. The molecule has 0 aliphatic heterocycles.